The van der Waals surface area contributed by atoms with Crippen LogP contribution in [0.1, 0.15) is 39.5 Å². The lowest BCUT2D eigenvalue weighted by atomic mass is 9.85. The molecule has 1 fully saturated rings. The minimum Gasteiger partial charge on any atom is -0.377 e. The van der Waals surface area contributed by atoms with E-state index < -0.39 is 38.0 Å². The van der Waals surface area contributed by atoms with Crippen molar-refractivity contribution in [2.75, 3.05) is 19.4 Å². The molecule has 0 bridgehead atoms. The van der Waals surface area contributed by atoms with Gasteiger partial charge in [-0.05, 0) is 75.9 Å². The first kappa shape index (κ1) is 30.0. The van der Waals surface area contributed by atoms with Crippen molar-refractivity contribution in [1.29, 1.82) is 0 Å². The Balaban J connectivity index is 2.17. The minimum atomic E-state index is -5.12. The molecule has 0 spiro atoms. The van der Waals surface area contributed by atoms with Crippen LogP contribution in [-0.2, 0) is 13.6 Å². The number of aliphatic hydroxyl groups is 1. The van der Waals surface area contributed by atoms with E-state index in [0.717, 1.165) is 15.9 Å². The van der Waals surface area contributed by atoms with Crippen LogP contribution in [-0.4, -0.2) is 41.4 Å². The fourth-order valence-corrected chi connectivity index (χ4v) is 14.6. The normalized spacial score (nSPS) is 17.6. The van der Waals surface area contributed by atoms with Gasteiger partial charge in [-0.2, -0.15) is 13.2 Å². The smallest absolute Gasteiger partial charge is 0.377 e. The van der Waals surface area contributed by atoms with Gasteiger partial charge in [-0.25, -0.2) is 0 Å². The van der Waals surface area contributed by atoms with Gasteiger partial charge < -0.3 is 14.2 Å². The zero-order valence-corrected chi connectivity index (χ0v) is 24.1. The largest absolute Gasteiger partial charge is 0.422 e. The molecule has 1 atom stereocenters. The molecule has 0 radical (unpaired) electrons. The molecule has 39 heavy (non-hydrogen) atoms. The van der Waals surface area contributed by atoms with Crippen molar-refractivity contribution in [3.05, 3.63) is 91.0 Å². The predicted molar refractivity (Wildman–Crippen MR) is 153 cm³/mol. The second-order valence-electron chi connectivity index (χ2n) is 9.88. The lowest BCUT2D eigenvalue weighted by molar-refractivity contribution is -0.264. The van der Waals surface area contributed by atoms with Gasteiger partial charge in [0.25, 0.3) is 0 Å². The number of halogens is 3. The maximum atomic E-state index is 15.6. The minimum absolute atomic E-state index is 0.103. The zero-order valence-electron chi connectivity index (χ0n) is 22.3. The summed E-state index contributed by atoms with van der Waals surface area (Å²) in [6.45, 7) is 2.90. The molecule has 0 amide bonds. The fraction of sp³-hybridized carbons (Fsp3) is 0.400. The highest BCUT2D eigenvalue weighted by Gasteiger charge is 2.80. The standard InChI is InChI=1S/C30H36F3O4P2/c1-3-36-38(35,37-4-2)24-29(34,30(31,32)33)28(22-14-15-23-28)39(25-16-8-5-9-17-25,26-18-10-6-11-19-26)27-20-12-7-13-21-27/h5-13,16-21,34H,3-4,14-15,22-24H2,1-2H3/q+1. The van der Waals surface area contributed by atoms with E-state index in [-0.39, 0.29) is 26.1 Å². The Morgan fingerprint density at radius 3 is 1.44 bits per heavy atom. The monoisotopic (exact) mass is 579 g/mol. The van der Waals surface area contributed by atoms with Gasteiger partial charge in [0.2, 0.25) is 5.60 Å². The topological polar surface area (TPSA) is 55.8 Å². The molecular weight excluding hydrogens is 543 g/mol. The summed E-state index contributed by atoms with van der Waals surface area (Å²) in [6, 6.07) is 27.7. The van der Waals surface area contributed by atoms with Crippen molar-refractivity contribution >= 4 is 30.8 Å². The van der Waals surface area contributed by atoms with E-state index in [4.69, 9.17) is 9.05 Å². The highest BCUT2D eigenvalue weighted by atomic mass is 31.2. The van der Waals surface area contributed by atoms with Crippen LogP contribution in [0.5, 0.6) is 0 Å². The van der Waals surface area contributed by atoms with Crippen molar-refractivity contribution in [2.45, 2.75) is 56.5 Å². The van der Waals surface area contributed by atoms with Gasteiger partial charge in [-0.1, -0.05) is 54.6 Å². The van der Waals surface area contributed by atoms with Gasteiger partial charge in [0.05, 0.1) is 19.4 Å². The number of alkyl halides is 3. The molecule has 9 heteroatoms. The molecule has 1 aliphatic rings. The lowest BCUT2D eigenvalue weighted by Gasteiger charge is -2.52. The first-order valence-electron chi connectivity index (χ1n) is 13.3. The Hall–Kier alpha value is -2.01. The summed E-state index contributed by atoms with van der Waals surface area (Å²) < 4.78 is 71.5. The first-order valence-corrected chi connectivity index (χ1v) is 16.8. The Morgan fingerprint density at radius 1 is 0.769 bits per heavy atom. The van der Waals surface area contributed by atoms with Crippen molar-refractivity contribution in [3.63, 3.8) is 0 Å². The Kier molecular flexibility index (Phi) is 9.10. The molecule has 0 aliphatic heterocycles. The summed E-state index contributed by atoms with van der Waals surface area (Å²) in [7, 11) is -7.60. The lowest BCUT2D eigenvalue weighted by Crippen LogP contribution is -2.68. The molecular formula is C30H36F3O4P2+. The van der Waals surface area contributed by atoms with Crippen molar-refractivity contribution in [3.8, 4) is 0 Å². The summed E-state index contributed by atoms with van der Waals surface area (Å²) in [6.07, 6.45) is -5.08. The molecule has 0 aromatic heterocycles. The molecule has 1 N–H and O–H groups in total. The van der Waals surface area contributed by atoms with Crippen LogP contribution in [0.25, 0.3) is 0 Å². The third-order valence-electron chi connectivity index (χ3n) is 7.82. The molecule has 3 aromatic rings. The van der Waals surface area contributed by atoms with Crippen LogP contribution in [0.2, 0.25) is 0 Å². The van der Waals surface area contributed by atoms with Crippen LogP contribution in [0.15, 0.2) is 91.0 Å². The second kappa shape index (κ2) is 11.8. The summed E-state index contributed by atoms with van der Waals surface area (Å²) in [4.78, 5) is 0. The van der Waals surface area contributed by atoms with E-state index in [0.29, 0.717) is 12.8 Å². The van der Waals surface area contributed by atoms with Crippen molar-refractivity contribution < 1.29 is 31.9 Å². The molecule has 4 nitrogen and oxygen atoms in total. The van der Waals surface area contributed by atoms with Gasteiger partial charge >= 0.3 is 13.8 Å². The van der Waals surface area contributed by atoms with Crippen molar-refractivity contribution in [1.82, 2.24) is 0 Å². The van der Waals surface area contributed by atoms with E-state index in [1.807, 2.05) is 91.0 Å². The van der Waals surface area contributed by atoms with Gasteiger partial charge in [-0.3, -0.25) is 4.57 Å². The van der Waals surface area contributed by atoms with Crippen LogP contribution >= 0.6 is 14.9 Å². The van der Waals surface area contributed by atoms with Gasteiger partial charge in [-0.15, -0.1) is 0 Å². The highest BCUT2D eigenvalue weighted by Crippen LogP contribution is 2.77. The predicted octanol–water partition coefficient (Wildman–Crippen LogP) is 6.85. The first-order chi connectivity index (χ1) is 18.6. The van der Waals surface area contributed by atoms with E-state index in [1.54, 1.807) is 13.8 Å². The number of benzene rings is 3. The van der Waals surface area contributed by atoms with E-state index >= 15 is 13.2 Å². The summed E-state index contributed by atoms with van der Waals surface area (Å²) >= 11 is 0. The molecule has 0 heterocycles. The Labute approximate surface area is 229 Å². The third kappa shape index (κ3) is 5.13. The summed E-state index contributed by atoms with van der Waals surface area (Å²) in [5.41, 5.74) is -3.37. The SMILES string of the molecule is CCOP(=O)(CC(O)(C(F)(F)F)C1([P+](c2ccccc2)(c2ccccc2)c2ccccc2)CCCC1)OCC. The van der Waals surface area contributed by atoms with E-state index in [1.165, 1.54) is 0 Å². The highest BCUT2D eigenvalue weighted by molar-refractivity contribution is 7.97. The maximum absolute atomic E-state index is 15.6. The molecule has 1 unspecified atom stereocenters. The average Bonchev–Trinajstić information content (AvgIpc) is 3.42. The van der Waals surface area contributed by atoms with Gasteiger partial charge in [0, 0.05) is 0 Å². The van der Waals surface area contributed by atoms with Crippen LogP contribution in [0.4, 0.5) is 13.2 Å². The van der Waals surface area contributed by atoms with Crippen molar-refractivity contribution in [2.24, 2.45) is 0 Å². The fourth-order valence-electron chi connectivity index (χ4n) is 6.43. The molecule has 0 saturated heterocycles. The van der Waals surface area contributed by atoms with E-state index in [9.17, 15) is 9.67 Å². The van der Waals surface area contributed by atoms with Gasteiger partial charge in [0.1, 0.15) is 28.3 Å². The number of hydrogen-bond donors (Lipinski definition) is 1. The maximum Gasteiger partial charge on any atom is 0.422 e. The average molecular weight is 580 g/mol. The molecule has 1 aliphatic carbocycles. The van der Waals surface area contributed by atoms with Crippen LogP contribution in [0, 0.1) is 0 Å². The van der Waals surface area contributed by atoms with Crippen LogP contribution in [0.3, 0.4) is 0 Å². The third-order valence-corrected chi connectivity index (χ3v) is 15.3. The zero-order chi connectivity index (χ0) is 28.2. The van der Waals surface area contributed by atoms with Crippen LogP contribution < -0.4 is 15.9 Å². The molecule has 1 saturated carbocycles. The summed E-state index contributed by atoms with van der Waals surface area (Å²) in [5, 5.41) is 12.8. The summed E-state index contributed by atoms with van der Waals surface area (Å²) in [5.74, 6) is 0. The number of rotatable bonds is 11. The van der Waals surface area contributed by atoms with E-state index in [2.05, 4.69) is 0 Å². The quantitative estimate of drug-likeness (QED) is 0.253. The molecule has 3 aromatic carbocycles. The Morgan fingerprint density at radius 2 is 1.13 bits per heavy atom. The molecule has 4 rings (SSSR count). The number of hydrogen-bond acceptors (Lipinski definition) is 4. The molecule has 210 valence electrons. The second-order valence-corrected chi connectivity index (χ2v) is 15.7. The Bertz CT molecular complexity index is 1140. The van der Waals surface area contributed by atoms with Gasteiger partial charge in [0.15, 0.2) is 0 Å².